The second-order valence-electron chi connectivity index (χ2n) is 5.04. The molecule has 1 N–H and O–H groups in total. The zero-order chi connectivity index (χ0) is 16.2. The first-order chi connectivity index (χ1) is 11.2. The predicted octanol–water partition coefficient (Wildman–Crippen LogP) is 4.35. The molecular weight excluding hydrogens is 308 g/mol. The number of nitrogens with one attached hydrogen (secondary N) is 1. The van der Waals surface area contributed by atoms with E-state index in [1.807, 2.05) is 54.6 Å². The number of aromatic nitrogens is 1. The molecule has 0 unspecified atom stereocenters. The fraction of sp³-hybridized carbons (Fsp3) is 0.111. The lowest BCUT2D eigenvalue weighted by Gasteiger charge is -2.01. The van der Waals surface area contributed by atoms with Gasteiger partial charge < -0.3 is 4.74 Å². The third kappa shape index (κ3) is 3.57. The van der Waals surface area contributed by atoms with Gasteiger partial charge in [-0.05, 0) is 36.8 Å². The van der Waals surface area contributed by atoms with Crippen molar-refractivity contribution in [3.05, 3.63) is 59.7 Å². The van der Waals surface area contributed by atoms with Gasteiger partial charge in [-0.15, -0.1) is 0 Å². The maximum atomic E-state index is 12.3. The van der Waals surface area contributed by atoms with Gasteiger partial charge in [0.1, 0.15) is 5.75 Å². The lowest BCUT2D eigenvalue weighted by atomic mass is 10.1. The molecule has 3 rings (SSSR count). The first-order valence-electron chi connectivity index (χ1n) is 7.15. The molecule has 1 heterocycles. The van der Waals surface area contributed by atoms with Crippen LogP contribution in [0.5, 0.6) is 5.75 Å². The Bertz CT molecular complexity index is 869. The minimum Gasteiger partial charge on any atom is -0.497 e. The molecule has 23 heavy (non-hydrogen) atoms. The predicted molar refractivity (Wildman–Crippen MR) is 94.9 cm³/mol. The Labute approximate surface area is 138 Å². The molecule has 0 fully saturated rings. The average Bonchev–Trinajstić information content (AvgIpc) is 2.96. The van der Waals surface area contributed by atoms with E-state index < -0.39 is 0 Å². The maximum Gasteiger partial charge on any atom is 0.253 e. The highest BCUT2D eigenvalue weighted by atomic mass is 32.1. The van der Waals surface area contributed by atoms with E-state index in [2.05, 4.69) is 10.3 Å². The van der Waals surface area contributed by atoms with Crippen LogP contribution in [0.15, 0.2) is 54.1 Å². The van der Waals surface area contributed by atoms with Crippen molar-refractivity contribution in [3.8, 4) is 5.75 Å². The van der Waals surface area contributed by atoms with Crippen molar-refractivity contribution in [1.29, 1.82) is 0 Å². The molecule has 0 aliphatic heterocycles. The first kappa shape index (κ1) is 15.2. The van der Waals surface area contributed by atoms with Crippen molar-refractivity contribution in [2.24, 2.45) is 0 Å². The zero-order valence-electron chi connectivity index (χ0n) is 12.9. The highest BCUT2D eigenvalue weighted by Gasteiger charge is 2.10. The molecule has 0 spiro atoms. The van der Waals surface area contributed by atoms with Gasteiger partial charge in [-0.3, -0.25) is 10.1 Å². The Morgan fingerprint density at radius 3 is 2.74 bits per heavy atom. The number of hydrogen-bond donors (Lipinski definition) is 1. The third-order valence-electron chi connectivity index (χ3n) is 3.36. The summed E-state index contributed by atoms with van der Waals surface area (Å²) in [5.41, 5.74) is 2.47. The summed E-state index contributed by atoms with van der Waals surface area (Å²) in [6, 6.07) is 15.4. The number of nitrogens with zero attached hydrogens (tertiary/aromatic N) is 1. The van der Waals surface area contributed by atoms with E-state index in [0.717, 1.165) is 21.5 Å². The minimum atomic E-state index is -0.153. The molecule has 116 valence electrons. The lowest BCUT2D eigenvalue weighted by Crippen LogP contribution is -2.12. The van der Waals surface area contributed by atoms with Gasteiger partial charge in [0.15, 0.2) is 5.13 Å². The smallest absolute Gasteiger partial charge is 0.253 e. The molecule has 5 heteroatoms. The Kier molecular flexibility index (Phi) is 4.39. The summed E-state index contributed by atoms with van der Waals surface area (Å²) in [6.07, 6.45) is 1.85. The number of hydrogen-bond acceptors (Lipinski definition) is 4. The SMILES string of the molecule is COc1ccc2nc(NC(=O)C(C)=Cc3ccccc3)sc2c1. The minimum absolute atomic E-state index is 0.153. The van der Waals surface area contributed by atoms with Crippen molar-refractivity contribution in [2.45, 2.75) is 6.92 Å². The Hall–Kier alpha value is -2.66. The van der Waals surface area contributed by atoms with Gasteiger partial charge in [-0.1, -0.05) is 41.7 Å². The van der Waals surface area contributed by atoms with Crippen LogP contribution in [-0.2, 0) is 4.79 Å². The van der Waals surface area contributed by atoms with Crippen LogP contribution < -0.4 is 10.1 Å². The van der Waals surface area contributed by atoms with E-state index in [4.69, 9.17) is 4.74 Å². The number of thiazole rings is 1. The first-order valence-corrected chi connectivity index (χ1v) is 7.96. The highest BCUT2D eigenvalue weighted by Crippen LogP contribution is 2.29. The maximum absolute atomic E-state index is 12.3. The summed E-state index contributed by atoms with van der Waals surface area (Å²) in [5, 5.41) is 3.43. The number of anilines is 1. The van der Waals surface area contributed by atoms with E-state index in [-0.39, 0.29) is 5.91 Å². The number of benzene rings is 2. The van der Waals surface area contributed by atoms with Gasteiger partial charge in [0.25, 0.3) is 5.91 Å². The summed E-state index contributed by atoms with van der Waals surface area (Å²) < 4.78 is 6.18. The number of amides is 1. The van der Waals surface area contributed by atoms with Crippen LogP contribution in [-0.4, -0.2) is 18.0 Å². The largest absolute Gasteiger partial charge is 0.497 e. The Morgan fingerprint density at radius 2 is 2.00 bits per heavy atom. The molecular formula is C18H16N2O2S. The second-order valence-corrected chi connectivity index (χ2v) is 6.08. The molecule has 0 aliphatic rings. The normalized spacial score (nSPS) is 11.5. The van der Waals surface area contributed by atoms with E-state index in [9.17, 15) is 4.79 Å². The number of ether oxygens (including phenoxy) is 1. The van der Waals surface area contributed by atoms with Crippen LogP contribution in [0.3, 0.4) is 0 Å². The molecule has 0 bridgehead atoms. The second kappa shape index (κ2) is 6.62. The standard InChI is InChI=1S/C18H16N2O2S/c1-12(10-13-6-4-3-5-7-13)17(21)20-18-19-15-9-8-14(22-2)11-16(15)23-18/h3-11H,1-2H3,(H,19,20,21). The van der Waals surface area contributed by atoms with Crippen molar-refractivity contribution >= 4 is 38.7 Å². The van der Waals surface area contributed by atoms with Crippen molar-refractivity contribution < 1.29 is 9.53 Å². The van der Waals surface area contributed by atoms with Crippen LogP contribution in [0.25, 0.3) is 16.3 Å². The Balaban J connectivity index is 1.78. The van der Waals surface area contributed by atoms with Gasteiger partial charge in [0.05, 0.1) is 17.3 Å². The zero-order valence-corrected chi connectivity index (χ0v) is 13.7. The number of methoxy groups -OCH3 is 1. The van der Waals surface area contributed by atoms with Gasteiger partial charge >= 0.3 is 0 Å². The summed E-state index contributed by atoms with van der Waals surface area (Å²) in [7, 11) is 1.63. The fourth-order valence-electron chi connectivity index (χ4n) is 2.15. The summed E-state index contributed by atoms with van der Waals surface area (Å²) >= 11 is 1.43. The molecule has 3 aromatic rings. The fourth-order valence-corrected chi connectivity index (χ4v) is 3.04. The number of fused-ring (bicyclic) bond motifs is 1. The van der Waals surface area contributed by atoms with Gasteiger partial charge in [-0.2, -0.15) is 0 Å². The number of rotatable bonds is 4. The molecule has 1 amide bonds. The molecule has 0 saturated carbocycles. The third-order valence-corrected chi connectivity index (χ3v) is 4.29. The van der Waals surface area contributed by atoms with E-state index >= 15 is 0 Å². The molecule has 1 aromatic heterocycles. The van der Waals surface area contributed by atoms with Crippen molar-refractivity contribution in [3.63, 3.8) is 0 Å². The van der Waals surface area contributed by atoms with E-state index in [1.54, 1.807) is 14.0 Å². The molecule has 0 atom stereocenters. The summed E-state index contributed by atoms with van der Waals surface area (Å²) in [5.74, 6) is 0.624. The van der Waals surface area contributed by atoms with Crippen molar-refractivity contribution in [2.75, 3.05) is 12.4 Å². The van der Waals surface area contributed by atoms with Crippen LogP contribution >= 0.6 is 11.3 Å². The molecule has 0 aliphatic carbocycles. The van der Waals surface area contributed by atoms with Crippen molar-refractivity contribution in [1.82, 2.24) is 4.98 Å². The summed E-state index contributed by atoms with van der Waals surface area (Å²) in [4.78, 5) is 16.7. The quantitative estimate of drug-likeness (QED) is 0.726. The molecule has 0 saturated heterocycles. The molecule has 0 radical (unpaired) electrons. The number of carbonyl (C=O) groups is 1. The monoisotopic (exact) mass is 324 g/mol. The highest BCUT2D eigenvalue weighted by molar-refractivity contribution is 7.22. The van der Waals surface area contributed by atoms with Crippen LogP contribution in [0, 0.1) is 0 Å². The van der Waals surface area contributed by atoms with Gasteiger partial charge in [0.2, 0.25) is 0 Å². The van der Waals surface area contributed by atoms with Gasteiger partial charge in [0, 0.05) is 5.57 Å². The number of carbonyl (C=O) groups excluding carboxylic acids is 1. The molecule has 4 nitrogen and oxygen atoms in total. The molecule has 2 aromatic carbocycles. The average molecular weight is 324 g/mol. The van der Waals surface area contributed by atoms with Crippen LogP contribution in [0.2, 0.25) is 0 Å². The summed E-state index contributed by atoms with van der Waals surface area (Å²) in [6.45, 7) is 1.79. The van der Waals surface area contributed by atoms with E-state index in [1.165, 1.54) is 11.3 Å². The Morgan fingerprint density at radius 1 is 1.22 bits per heavy atom. The van der Waals surface area contributed by atoms with E-state index in [0.29, 0.717) is 10.7 Å². The lowest BCUT2D eigenvalue weighted by molar-refractivity contribution is -0.112. The van der Waals surface area contributed by atoms with Gasteiger partial charge in [-0.25, -0.2) is 4.98 Å². The van der Waals surface area contributed by atoms with Crippen LogP contribution in [0.4, 0.5) is 5.13 Å². The van der Waals surface area contributed by atoms with Crippen LogP contribution in [0.1, 0.15) is 12.5 Å². The topological polar surface area (TPSA) is 51.2 Å².